The summed E-state index contributed by atoms with van der Waals surface area (Å²) in [6, 6.07) is 3.87. The van der Waals surface area contributed by atoms with E-state index in [1.165, 1.54) is 13.4 Å². The van der Waals surface area contributed by atoms with Gasteiger partial charge in [-0.2, -0.15) is 0 Å². The number of hydrogen-bond acceptors (Lipinski definition) is 8. The molecule has 1 aliphatic carbocycles. The van der Waals surface area contributed by atoms with Gasteiger partial charge in [0, 0.05) is 41.8 Å². The lowest BCUT2D eigenvalue weighted by molar-refractivity contribution is 0.0958. The van der Waals surface area contributed by atoms with Gasteiger partial charge in [0.2, 0.25) is 5.89 Å². The van der Waals surface area contributed by atoms with E-state index < -0.39 is 5.91 Å². The third-order valence-corrected chi connectivity index (χ3v) is 5.10. The van der Waals surface area contributed by atoms with E-state index in [2.05, 4.69) is 25.9 Å². The maximum absolute atomic E-state index is 12.7. The third kappa shape index (κ3) is 4.89. The SMILES string of the molecule is COC1=CC(=N)/C(=C\NC2CCNCC2)C=C1NC(=O)c1coc(-c2ccncc2)n1. The maximum atomic E-state index is 12.7. The van der Waals surface area contributed by atoms with Crippen molar-refractivity contribution in [3.63, 3.8) is 0 Å². The maximum Gasteiger partial charge on any atom is 0.277 e. The van der Waals surface area contributed by atoms with Gasteiger partial charge in [-0.25, -0.2) is 4.98 Å². The van der Waals surface area contributed by atoms with Crippen molar-refractivity contribution in [2.45, 2.75) is 18.9 Å². The fraction of sp³-hybridized carbons (Fsp3) is 0.273. The Kier molecular flexibility index (Phi) is 6.23. The number of nitrogens with one attached hydrogen (secondary N) is 4. The largest absolute Gasteiger partial charge is 0.494 e. The molecular formula is C22H24N6O3. The monoisotopic (exact) mass is 420 g/mol. The van der Waals surface area contributed by atoms with Gasteiger partial charge in [0.15, 0.2) is 5.69 Å². The molecule has 0 atom stereocenters. The number of rotatable bonds is 6. The molecule has 4 rings (SSSR count). The molecule has 0 bridgehead atoms. The first kappa shape index (κ1) is 20.5. The lowest BCUT2D eigenvalue weighted by atomic mass is 10.0. The average Bonchev–Trinajstić information content (AvgIpc) is 3.31. The molecule has 0 spiro atoms. The Morgan fingerprint density at radius 2 is 2.06 bits per heavy atom. The normalized spacial score (nSPS) is 18.4. The smallest absolute Gasteiger partial charge is 0.277 e. The van der Waals surface area contributed by atoms with Crippen molar-refractivity contribution < 1.29 is 13.9 Å². The first-order valence-corrected chi connectivity index (χ1v) is 10.0. The zero-order valence-electron chi connectivity index (χ0n) is 17.1. The molecule has 0 unspecified atom stereocenters. The molecule has 2 aromatic rings. The molecule has 1 amide bonds. The van der Waals surface area contributed by atoms with Crippen LogP contribution in [0.3, 0.4) is 0 Å². The summed E-state index contributed by atoms with van der Waals surface area (Å²) in [6.07, 6.45) is 11.7. The number of nitrogens with zero attached hydrogens (tertiary/aromatic N) is 2. The summed E-state index contributed by atoms with van der Waals surface area (Å²) in [6.45, 7) is 1.95. The third-order valence-electron chi connectivity index (χ3n) is 5.10. The summed E-state index contributed by atoms with van der Waals surface area (Å²) in [5.41, 5.74) is 2.29. The quantitative estimate of drug-likeness (QED) is 0.564. The van der Waals surface area contributed by atoms with Crippen LogP contribution in [-0.2, 0) is 4.74 Å². The van der Waals surface area contributed by atoms with Crippen LogP contribution >= 0.6 is 0 Å². The average molecular weight is 420 g/mol. The van der Waals surface area contributed by atoms with Gasteiger partial charge >= 0.3 is 0 Å². The molecule has 0 radical (unpaired) electrons. The van der Waals surface area contributed by atoms with Gasteiger partial charge < -0.3 is 30.5 Å². The standard InChI is InChI=1S/C22H24N6O3/c1-30-20-11-17(23)15(12-26-16-4-8-25-9-5-16)10-18(20)27-21(29)19-13-31-22(28-19)14-2-6-24-7-3-14/h2-3,6-7,10-13,16,23,25-26H,4-5,8-9H2,1H3,(H,27,29)/b15-12-,23-17?. The molecule has 9 nitrogen and oxygen atoms in total. The summed E-state index contributed by atoms with van der Waals surface area (Å²) in [4.78, 5) is 21.0. The van der Waals surface area contributed by atoms with Crippen molar-refractivity contribution in [2.24, 2.45) is 0 Å². The number of aromatic nitrogens is 2. The van der Waals surface area contributed by atoms with Gasteiger partial charge in [-0.15, -0.1) is 0 Å². The number of carbonyl (C=O) groups excluding carboxylic acids is 1. The molecule has 0 aromatic carbocycles. The Hall–Kier alpha value is -3.72. The minimum atomic E-state index is -0.433. The van der Waals surface area contributed by atoms with Crippen LogP contribution in [0.1, 0.15) is 23.3 Å². The number of oxazole rings is 1. The highest BCUT2D eigenvalue weighted by molar-refractivity contribution is 6.10. The van der Waals surface area contributed by atoms with E-state index in [4.69, 9.17) is 14.6 Å². The number of pyridine rings is 1. The molecule has 2 aliphatic rings. The summed E-state index contributed by atoms with van der Waals surface area (Å²) < 4.78 is 10.8. The minimum absolute atomic E-state index is 0.141. The molecule has 1 aliphatic heterocycles. The fourth-order valence-corrected chi connectivity index (χ4v) is 3.37. The van der Waals surface area contributed by atoms with Crippen LogP contribution in [0.25, 0.3) is 11.5 Å². The molecular weight excluding hydrogens is 396 g/mol. The van der Waals surface area contributed by atoms with E-state index in [0.717, 1.165) is 31.5 Å². The van der Waals surface area contributed by atoms with Gasteiger partial charge in [-0.1, -0.05) is 0 Å². The Bertz CT molecular complexity index is 1050. The van der Waals surface area contributed by atoms with E-state index in [1.54, 1.807) is 36.7 Å². The zero-order valence-corrected chi connectivity index (χ0v) is 17.1. The second-order valence-electron chi connectivity index (χ2n) is 7.20. The first-order chi connectivity index (χ1) is 15.1. The van der Waals surface area contributed by atoms with Crippen molar-refractivity contribution in [1.82, 2.24) is 25.9 Å². The number of carbonyl (C=O) groups is 1. The van der Waals surface area contributed by atoms with Crippen LogP contribution in [0.15, 0.2) is 70.6 Å². The van der Waals surface area contributed by atoms with E-state index in [0.29, 0.717) is 34.7 Å². The van der Waals surface area contributed by atoms with Crippen molar-refractivity contribution >= 4 is 11.6 Å². The molecule has 3 heterocycles. The minimum Gasteiger partial charge on any atom is -0.494 e. The zero-order chi connectivity index (χ0) is 21.6. The summed E-state index contributed by atoms with van der Waals surface area (Å²) in [7, 11) is 1.50. The lowest BCUT2D eigenvalue weighted by Crippen LogP contribution is -2.38. The molecule has 0 saturated carbocycles. The Morgan fingerprint density at radius 1 is 1.29 bits per heavy atom. The summed E-state index contributed by atoms with van der Waals surface area (Å²) in [5.74, 6) is 0.300. The highest BCUT2D eigenvalue weighted by Crippen LogP contribution is 2.21. The van der Waals surface area contributed by atoms with Crippen molar-refractivity contribution in [1.29, 1.82) is 5.41 Å². The van der Waals surface area contributed by atoms with Gasteiger partial charge in [-0.05, 0) is 44.1 Å². The van der Waals surface area contributed by atoms with Crippen LogP contribution in [-0.4, -0.2) is 47.8 Å². The Morgan fingerprint density at radius 3 is 2.81 bits per heavy atom. The molecule has 160 valence electrons. The summed E-state index contributed by atoms with van der Waals surface area (Å²) in [5, 5.41) is 17.8. The predicted molar refractivity (Wildman–Crippen MR) is 115 cm³/mol. The van der Waals surface area contributed by atoms with Gasteiger partial charge in [0.25, 0.3) is 5.91 Å². The molecule has 1 fully saturated rings. The molecule has 4 N–H and O–H groups in total. The molecule has 31 heavy (non-hydrogen) atoms. The molecule has 1 saturated heterocycles. The highest BCUT2D eigenvalue weighted by Gasteiger charge is 2.21. The van der Waals surface area contributed by atoms with Crippen LogP contribution in [0, 0.1) is 5.41 Å². The topological polar surface area (TPSA) is 125 Å². The lowest BCUT2D eigenvalue weighted by Gasteiger charge is -2.24. The number of allylic oxidation sites excluding steroid dienone is 3. The number of amides is 1. The van der Waals surface area contributed by atoms with Crippen molar-refractivity contribution in [3.05, 3.63) is 71.9 Å². The Labute approximate surface area is 179 Å². The predicted octanol–water partition coefficient (Wildman–Crippen LogP) is 2.14. The van der Waals surface area contributed by atoms with E-state index in [-0.39, 0.29) is 5.69 Å². The van der Waals surface area contributed by atoms with E-state index in [9.17, 15) is 4.79 Å². The van der Waals surface area contributed by atoms with Crippen molar-refractivity contribution in [3.8, 4) is 11.5 Å². The van der Waals surface area contributed by atoms with Gasteiger partial charge in [-0.3, -0.25) is 9.78 Å². The van der Waals surface area contributed by atoms with E-state index >= 15 is 0 Å². The first-order valence-electron chi connectivity index (χ1n) is 10.0. The van der Waals surface area contributed by atoms with Crippen LogP contribution in [0.5, 0.6) is 0 Å². The molecule has 9 heteroatoms. The summed E-state index contributed by atoms with van der Waals surface area (Å²) >= 11 is 0. The fourth-order valence-electron chi connectivity index (χ4n) is 3.37. The number of methoxy groups -OCH3 is 1. The van der Waals surface area contributed by atoms with Crippen LogP contribution in [0.4, 0.5) is 0 Å². The Balaban J connectivity index is 1.49. The second-order valence-corrected chi connectivity index (χ2v) is 7.20. The number of piperidine rings is 1. The van der Waals surface area contributed by atoms with Gasteiger partial charge in [0.1, 0.15) is 12.0 Å². The number of hydrogen-bond donors (Lipinski definition) is 4. The number of ether oxygens (including phenoxy) is 1. The van der Waals surface area contributed by atoms with Crippen LogP contribution in [0.2, 0.25) is 0 Å². The van der Waals surface area contributed by atoms with Gasteiger partial charge in [0.05, 0.1) is 18.5 Å². The van der Waals surface area contributed by atoms with E-state index in [1.807, 2.05) is 6.20 Å². The second kappa shape index (κ2) is 9.40. The van der Waals surface area contributed by atoms with Crippen molar-refractivity contribution in [2.75, 3.05) is 20.2 Å². The molecule has 2 aromatic heterocycles. The van der Waals surface area contributed by atoms with Crippen LogP contribution < -0.4 is 16.0 Å². The highest BCUT2D eigenvalue weighted by atomic mass is 16.5.